The second-order valence-corrected chi connectivity index (χ2v) is 5.05. The summed E-state index contributed by atoms with van der Waals surface area (Å²) in [5.74, 6) is 1.43. The molecule has 1 aliphatic carbocycles. The summed E-state index contributed by atoms with van der Waals surface area (Å²) in [6.07, 6.45) is 1.89. The van der Waals surface area contributed by atoms with Gasteiger partial charge in [0.05, 0.1) is 31.7 Å². The molecule has 0 aliphatic heterocycles. The van der Waals surface area contributed by atoms with Crippen molar-refractivity contribution in [3.63, 3.8) is 0 Å². The Morgan fingerprint density at radius 2 is 1.84 bits per heavy atom. The van der Waals surface area contributed by atoms with Crippen molar-refractivity contribution in [3.8, 4) is 17.6 Å². The Hall–Kier alpha value is -1.73. The molecule has 0 radical (unpaired) electrons. The SMILES string of the molecule is CNC(c1cc(OC)c(OC)cc1C)C1(C#N)CC1. The minimum Gasteiger partial charge on any atom is -0.493 e. The summed E-state index contributed by atoms with van der Waals surface area (Å²) in [5, 5.41) is 12.7. The summed E-state index contributed by atoms with van der Waals surface area (Å²) in [6.45, 7) is 2.04. The van der Waals surface area contributed by atoms with E-state index in [1.165, 1.54) is 0 Å². The van der Waals surface area contributed by atoms with Crippen LogP contribution in [0.1, 0.15) is 30.0 Å². The average molecular weight is 260 g/mol. The highest BCUT2D eigenvalue weighted by molar-refractivity contribution is 5.49. The predicted octanol–water partition coefficient (Wildman–Crippen LogP) is 2.58. The molecule has 4 heteroatoms. The molecule has 1 aromatic carbocycles. The first-order valence-corrected chi connectivity index (χ1v) is 6.43. The highest BCUT2D eigenvalue weighted by Crippen LogP contribution is 2.55. The molecule has 19 heavy (non-hydrogen) atoms. The largest absolute Gasteiger partial charge is 0.493 e. The summed E-state index contributed by atoms with van der Waals surface area (Å²) in [4.78, 5) is 0. The van der Waals surface area contributed by atoms with Gasteiger partial charge >= 0.3 is 0 Å². The summed E-state index contributed by atoms with van der Waals surface area (Å²) >= 11 is 0. The van der Waals surface area contributed by atoms with Gasteiger partial charge in [0, 0.05) is 0 Å². The van der Waals surface area contributed by atoms with Crippen LogP contribution in [0.2, 0.25) is 0 Å². The molecule has 4 nitrogen and oxygen atoms in total. The molecule has 0 saturated heterocycles. The van der Waals surface area contributed by atoms with E-state index in [2.05, 4.69) is 11.4 Å². The molecule has 1 aliphatic rings. The fourth-order valence-electron chi connectivity index (χ4n) is 2.64. The monoisotopic (exact) mass is 260 g/mol. The smallest absolute Gasteiger partial charge is 0.161 e. The number of methoxy groups -OCH3 is 2. The minimum absolute atomic E-state index is 0.0392. The number of benzene rings is 1. The molecule has 0 heterocycles. The number of rotatable bonds is 5. The summed E-state index contributed by atoms with van der Waals surface area (Å²) in [5.41, 5.74) is 1.96. The van der Waals surface area contributed by atoms with Crippen molar-refractivity contribution in [2.75, 3.05) is 21.3 Å². The van der Waals surface area contributed by atoms with Gasteiger partial charge in [-0.05, 0) is 50.1 Å². The lowest BCUT2D eigenvalue weighted by atomic mass is 9.88. The number of nitrogens with zero attached hydrogens (tertiary/aromatic N) is 1. The Bertz CT molecular complexity index is 516. The van der Waals surface area contributed by atoms with Crippen molar-refractivity contribution in [2.45, 2.75) is 25.8 Å². The molecule has 0 spiro atoms. The molecule has 1 aromatic rings. The first-order chi connectivity index (χ1) is 9.11. The second-order valence-electron chi connectivity index (χ2n) is 5.05. The first-order valence-electron chi connectivity index (χ1n) is 6.43. The minimum atomic E-state index is -0.265. The quantitative estimate of drug-likeness (QED) is 0.884. The van der Waals surface area contributed by atoms with E-state index in [1.54, 1.807) is 14.2 Å². The summed E-state index contributed by atoms with van der Waals surface area (Å²) in [6, 6.07) is 6.44. The van der Waals surface area contributed by atoms with E-state index in [9.17, 15) is 5.26 Å². The van der Waals surface area contributed by atoms with E-state index < -0.39 is 0 Å². The fourth-order valence-corrected chi connectivity index (χ4v) is 2.64. The topological polar surface area (TPSA) is 54.3 Å². The van der Waals surface area contributed by atoms with Gasteiger partial charge < -0.3 is 14.8 Å². The molecule has 1 saturated carbocycles. The maximum Gasteiger partial charge on any atom is 0.161 e. The van der Waals surface area contributed by atoms with E-state index in [0.29, 0.717) is 5.75 Å². The Morgan fingerprint density at radius 1 is 1.26 bits per heavy atom. The van der Waals surface area contributed by atoms with Gasteiger partial charge in [0.25, 0.3) is 0 Å². The second kappa shape index (κ2) is 5.10. The van der Waals surface area contributed by atoms with Crippen LogP contribution in [0.25, 0.3) is 0 Å². The standard InChI is InChI=1S/C15H20N2O2/c1-10-7-12(18-3)13(19-4)8-11(10)14(17-2)15(9-16)5-6-15/h7-8,14,17H,5-6H2,1-4H3. The highest BCUT2D eigenvalue weighted by Gasteiger charge is 2.50. The number of hydrogen-bond donors (Lipinski definition) is 1. The van der Waals surface area contributed by atoms with Gasteiger partial charge in [-0.3, -0.25) is 0 Å². The highest BCUT2D eigenvalue weighted by atomic mass is 16.5. The zero-order valence-electron chi connectivity index (χ0n) is 11.9. The van der Waals surface area contributed by atoms with E-state index in [1.807, 2.05) is 26.1 Å². The van der Waals surface area contributed by atoms with Gasteiger partial charge in [0.1, 0.15) is 0 Å². The van der Waals surface area contributed by atoms with Gasteiger partial charge in [-0.1, -0.05) is 0 Å². The Labute approximate surface area is 114 Å². The molecule has 1 atom stereocenters. The summed E-state index contributed by atoms with van der Waals surface area (Å²) < 4.78 is 10.7. The zero-order valence-corrected chi connectivity index (χ0v) is 11.9. The number of nitrogens with one attached hydrogen (secondary N) is 1. The molecule has 1 N–H and O–H groups in total. The third-order valence-corrected chi connectivity index (χ3v) is 3.94. The van der Waals surface area contributed by atoms with Crippen LogP contribution in [0.3, 0.4) is 0 Å². The molecule has 0 bridgehead atoms. The van der Waals surface area contributed by atoms with E-state index in [-0.39, 0.29) is 11.5 Å². The number of nitriles is 1. The van der Waals surface area contributed by atoms with Crippen molar-refractivity contribution < 1.29 is 9.47 Å². The van der Waals surface area contributed by atoms with Crippen molar-refractivity contribution in [1.82, 2.24) is 5.32 Å². The third-order valence-electron chi connectivity index (χ3n) is 3.94. The Kier molecular flexibility index (Phi) is 3.68. The van der Waals surface area contributed by atoms with E-state index >= 15 is 0 Å². The molecule has 2 rings (SSSR count). The van der Waals surface area contributed by atoms with Gasteiger partial charge in [-0.25, -0.2) is 0 Å². The van der Waals surface area contributed by atoms with E-state index in [0.717, 1.165) is 29.7 Å². The molecule has 1 unspecified atom stereocenters. The third kappa shape index (κ3) is 2.26. The summed E-state index contributed by atoms with van der Waals surface area (Å²) in [7, 11) is 5.16. The van der Waals surface area contributed by atoms with Gasteiger partial charge in [0.2, 0.25) is 0 Å². The molecule has 1 fully saturated rings. The van der Waals surface area contributed by atoms with E-state index in [4.69, 9.17) is 9.47 Å². The lowest BCUT2D eigenvalue weighted by Crippen LogP contribution is -2.26. The number of aryl methyl sites for hydroxylation is 1. The van der Waals surface area contributed by atoms with Crippen molar-refractivity contribution in [1.29, 1.82) is 5.26 Å². The Balaban J connectivity index is 2.47. The van der Waals surface area contributed by atoms with Crippen LogP contribution in [-0.4, -0.2) is 21.3 Å². The maximum absolute atomic E-state index is 9.39. The van der Waals surface area contributed by atoms with Crippen LogP contribution in [0, 0.1) is 23.7 Å². The van der Waals surface area contributed by atoms with Gasteiger partial charge in [-0.2, -0.15) is 5.26 Å². The molecular weight excluding hydrogens is 240 g/mol. The van der Waals surface area contributed by atoms with Crippen LogP contribution >= 0.6 is 0 Å². The first kappa shape index (κ1) is 13.7. The van der Waals surface area contributed by atoms with Gasteiger partial charge in [-0.15, -0.1) is 0 Å². The average Bonchev–Trinajstić information content (AvgIpc) is 3.22. The van der Waals surface area contributed by atoms with Crippen LogP contribution < -0.4 is 14.8 Å². The normalized spacial score (nSPS) is 17.4. The molecule has 0 aromatic heterocycles. The number of hydrogen-bond acceptors (Lipinski definition) is 4. The molecule has 102 valence electrons. The van der Waals surface area contributed by atoms with Crippen LogP contribution in [0.15, 0.2) is 12.1 Å². The lowest BCUT2D eigenvalue weighted by Gasteiger charge is -2.24. The van der Waals surface area contributed by atoms with Crippen LogP contribution in [0.5, 0.6) is 11.5 Å². The van der Waals surface area contributed by atoms with Crippen molar-refractivity contribution in [3.05, 3.63) is 23.3 Å². The molecule has 0 amide bonds. The number of ether oxygens (including phenoxy) is 2. The zero-order chi connectivity index (χ0) is 14.0. The van der Waals surface area contributed by atoms with Gasteiger partial charge in [0.15, 0.2) is 11.5 Å². The maximum atomic E-state index is 9.39. The van der Waals surface area contributed by atoms with Crippen LogP contribution in [0.4, 0.5) is 0 Å². The lowest BCUT2D eigenvalue weighted by molar-refractivity contribution is 0.352. The van der Waals surface area contributed by atoms with Crippen molar-refractivity contribution in [2.24, 2.45) is 5.41 Å². The van der Waals surface area contributed by atoms with Crippen molar-refractivity contribution >= 4 is 0 Å². The Morgan fingerprint density at radius 3 is 2.26 bits per heavy atom. The molecular formula is C15H20N2O2. The predicted molar refractivity (Wildman–Crippen MR) is 73.4 cm³/mol. The fraction of sp³-hybridized carbons (Fsp3) is 0.533. The van der Waals surface area contributed by atoms with Crippen LogP contribution in [-0.2, 0) is 0 Å².